The summed E-state index contributed by atoms with van der Waals surface area (Å²) in [4.78, 5) is 81.8. The van der Waals surface area contributed by atoms with E-state index in [1.807, 2.05) is 52.9 Å². The zero-order chi connectivity index (χ0) is 51.1. The van der Waals surface area contributed by atoms with Crippen LogP contribution in [0.3, 0.4) is 0 Å². The third-order valence-corrected chi connectivity index (χ3v) is 15.6. The minimum absolute atomic E-state index is 0.00579. The number of hydrogen-bond acceptors (Lipinski definition) is 11. The van der Waals surface area contributed by atoms with Crippen LogP contribution in [0.1, 0.15) is 103 Å². The molecule has 3 saturated heterocycles. The summed E-state index contributed by atoms with van der Waals surface area (Å²) >= 11 is 0. The van der Waals surface area contributed by atoms with Crippen molar-refractivity contribution < 1.29 is 38.6 Å². The van der Waals surface area contributed by atoms with Crippen LogP contribution in [0.25, 0.3) is 33.3 Å². The number of benzene rings is 2. The number of methoxy groups -OCH3 is 1. The summed E-state index contributed by atoms with van der Waals surface area (Å²) < 4.78 is 14.3. The average Bonchev–Trinajstić information content (AvgIpc) is 4.06. The van der Waals surface area contributed by atoms with E-state index in [0.717, 1.165) is 63.9 Å². The van der Waals surface area contributed by atoms with Gasteiger partial charge in [0, 0.05) is 74.8 Å². The van der Waals surface area contributed by atoms with Crippen molar-refractivity contribution in [3.8, 4) is 28.1 Å². The lowest BCUT2D eigenvalue weighted by atomic mass is 9.84. The van der Waals surface area contributed by atoms with Crippen molar-refractivity contribution in [2.75, 3.05) is 54.0 Å². The van der Waals surface area contributed by atoms with Gasteiger partial charge in [-0.1, -0.05) is 39.8 Å². The average molecular weight is 975 g/mol. The smallest absolute Gasteiger partial charge is 0.324 e. The Morgan fingerprint density at radius 2 is 1.79 bits per heavy atom. The second kappa shape index (κ2) is 20.7. The molecule has 16 nitrogen and oxygen atoms in total. The molecule has 3 fully saturated rings. The van der Waals surface area contributed by atoms with Crippen LogP contribution in [0.2, 0.25) is 0 Å². The monoisotopic (exact) mass is 975 g/mol. The van der Waals surface area contributed by atoms with Crippen molar-refractivity contribution in [3.05, 3.63) is 71.5 Å². The molecule has 0 radical (unpaired) electrons. The highest BCUT2D eigenvalue weighted by molar-refractivity contribution is 5.96. The molecule has 4 aliphatic heterocycles. The lowest BCUT2D eigenvalue weighted by Gasteiger charge is -2.37. The Bertz CT molecular complexity index is 2680. The number of likely N-dealkylation sites (N-methyl/N-ethyl adjacent to an activating group) is 2. The summed E-state index contributed by atoms with van der Waals surface area (Å²) in [7, 11) is 5.26. The number of rotatable bonds is 10. The molecule has 0 saturated carbocycles. The van der Waals surface area contributed by atoms with E-state index in [2.05, 4.69) is 59.2 Å². The molecule has 8 rings (SSSR count). The second-order valence-electron chi connectivity index (χ2n) is 21.7. The molecule has 4 aromatic rings. The number of phenols is 1. The molecule has 6 heterocycles. The van der Waals surface area contributed by atoms with Crippen LogP contribution in [0.4, 0.5) is 0 Å². The summed E-state index contributed by atoms with van der Waals surface area (Å²) in [6, 6.07) is 12.6. The van der Waals surface area contributed by atoms with Gasteiger partial charge in [0.2, 0.25) is 17.7 Å². The number of ether oxygens (including phenoxy) is 2. The Kier molecular flexibility index (Phi) is 15.0. The maximum atomic E-state index is 14.8. The zero-order valence-electron chi connectivity index (χ0n) is 43.3. The standard InChI is InChI=1S/C55H74N8O8/c1-11-62-45-18-17-36-29-41(45)42(48(62)40-15-12-21-56-46(40)34(4)70-10)30-54(5,6)32-71-52(68)43-16-13-23-63(58-43)51(67)44(27-35-25-38(36)28-39(64)26-35)57-49(65)47(33(2)3)60(9)50(66)37-19-24-61(31-37)53(69)55(7)20-14-22-59(55)8/h12,15,17-18,21,25-26,28-29,33-34,37,43-44,47,58,64H,11,13-14,16,19-20,22-24,27,30-32H2,1-10H3,(H,57,65)/t34-,37-,43-,44-,47?,55-/m0/s1. The Balaban J connectivity index is 1.15. The van der Waals surface area contributed by atoms with E-state index in [4.69, 9.17) is 14.5 Å². The van der Waals surface area contributed by atoms with Crippen molar-refractivity contribution in [2.45, 2.75) is 130 Å². The van der Waals surface area contributed by atoms with E-state index in [1.165, 1.54) is 9.91 Å². The molecule has 382 valence electrons. The Hall–Kier alpha value is -5.84. The first-order valence-electron chi connectivity index (χ1n) is 25.5. The lowest BCUT2D eigenvalue weighted by molar-refractivity contribution is -0.155. The largest absolute Gasteiger partial charge is 0.508 e. The minimum atomic E-state index is -1.16. The highest BCUT2D eigenvalue weighted by atomic mass is 16.5. The van der Waals surface area contributed by atoms with Gasteiger partial charge in [0.1, 0.15) is 23.9 Å². The molecule has 3 N–H and O–H groups in total. The van der Waals surface area contributed by atoms with Gasteiger partial charge < -0.3 is 34.3 Å². The van der Waals surface area contributed by atoms with Crippen molar-refractivity contribution in [1.82, 2.24) is 40.0 Å². The number of esters is 1. The van der Waals surface area contributed by atoms with Crippen molar-refractivity contribution in [3.63, 3.8) is 0 Å². The van der Waals surface area contributed by atoms with Gasteiger partial charge in [0.25, 0.3) is 5.91 Å². The van der Waals surface area contributed by atoms with E-state index in [9.17, 15) is 29.1 Å². The number of aromatic hydroxyl groups is 1. The maximum Gasteiger partial charge on any atom is 0.324 e. The maximum absolute atomic E-state index is 14.8. The molecular formula is C55H74N8O8. The van der Waals surface area contributed by atoms with Crippen LogP contribution in [0, 0.1) is 17.3 Å². The number of pyridine rings is 1. The number of likely N-dealkylation sites (tertiary alicyclic amines) is 2. The number of cyclic esters (lactones) is 1. The van der Waals surface area contributed by atoms with Crippen molar-refractivity contribution >= 4 is 40.5 Å². The first-order chi connectivity index (χ1) is 33.7. The van der Waals surface area contributed by atoms with E-state index in [-0.39, 0.29) is 55.7 Å². The topological polar surface area (TPSA) is 179 Å². The zero-order valence-corrected chi connectivity index (χ0v) is 43.3. The molecule has 71 heavy (non-hydrogen) atoms. The van der Waals surface area contributed by atoms with Gasteiger partial charge in [-0.2, -0.15) is 0 Å². The Morgan fingerprint density at radius 1 is 1.01 bits per heavy atom. The highest BCUT2D eigenvalue weighted by Crippen LogP contribution is 2.42. The first-order valence-corrected chi connectivity index (χ1v) is 25.5. The van der Waals surface area contributed by atoms with E-state index in [0.29, 0.717) is 44.3 Å². The molecule has 2 aromatic carbocycles. The number of amides is 4. The summed E-state index contributed by atoms with van der Waals surface area (Å²) in [6.07, 6.45) is 5.18. The van der Waals surface area contributed by atoms with Gasteiger partial charge in [-0.3, -0.25) is 38.9 Å². The predicted molar refractivity (Wildman–Crippen MR) is 272 cm³/mol. The minimum Gasteiger partial charge on any atom is -0.508 e. The number of hydrazine groups is 1. The van der Waals surface area contributed by atoms with Gasteiger partial charge in [-0.15, -0.1) is 0 Å². The summed E-state index contributed by atoms with van der Waals surface area (Å²) in [5, 5.41) is 16.8. The van der Waals surface area contributed by atoms with Crippen LogP contribution < -0.4 is 10.7 Å². The predicted octanol–water partition coefficient (Wildman–Crippen LogP) is 6.27. The van der Waals surface area contributed by atoms with Gasteiger partial charge in [0.15, 0.2) is 0 Å². The summed E-state index contributed by atoms with van der Waals surface area (Å²) in [6.45, 7) is 16.6. The molecule has 2 aromatic heterocycles. The van der Waals surface area contributed by atoms with Gasteiger partial charge in [-0.05, 0) is 137 Å². The molecule has 4 aliphatic rings. The SMILES string of the molecule is CCn1c(-c2cccnc2[C@H](C)OC)c2c3cc(ccc31)-c1cc(O)cc(c1)C[C@H](NC(=O)C(C(C)C)N(C)C(=O)[C@H]1CCN(C(=O)[C@]3(C)CCCN3C)C1)C(=O)N1CCC[C@H](N1)C(=O)OCC(C)(C)C2. The first kappa shape index (κ1) is 51.5. The Labute approximate surface area is 418 Å². The summed E-state index contributed by atoms with van der Waals surface area (Å²) in [5.41, 5.74) is 8.98. The second-order valence-corrected chi connectivity index (χ2v) is 21.7. The van der Waals surface area contributed by atoms with E-state index < -0.39 is 52.8 Å². The van der Waals surface area contributed by atoms with E-state index >= 15 is 0 Å². The third kappa shape index (κ3) is 10.3. The Morgan fingerprint density at radius 3 is 2.49 bits per heavy atom. The fourth-order valence-corrected chi connectivity index (χ4v) is 11.5. The molecular weight excluding hydrogens is 901 g/mol. The molecule has 0 aliphatic carbocycles. The molecule has 16 heteroatoms. The number of aryl methyl sites for hydroxylation is 1. The third-order valence-electron chi connectivity index (χ3n) is 15.6. The van der Waals surface area contributed by atoms with Crippen LogP contribution in [0.15, 0.2) is 54.7 Å². The highest BCUT2D eigenvalue weighted by Gasteiger charge is 2.47. The van der Waals surface area contributed by atoms with Crippen molar-refractivity contribution in [2.24, 2.45) is 17.3 Å². The molecule has 6 atom stereocenters. The lowest BCUT2D eigenvalue weighted by Crippen LogP contribution is -2.62. The van der Waals surface area contributed by atoms with Crippen molar-refractivity contribution in [1.29, 1.82) is 0 Å². The van der Waals surface area contributed by atoms with Crippen LogP contribution in [0.5, 0.6) is 5.75 Å². The van der Waals surface area contributed by atoms with Crippen LogP contribution >= 0.6 is 0 Å². The number of aromatic nitrogens is 2. The molecule has 0 spiro atoms. The number of carbonyl (C=O) groups is 5. The normalized spacial score (nSPS) is 23.9. The van der Waals surface area contributed by atoms with Crippen LogP contribution in [-0.2, 0) is 52.8 Å². The van der Waals surface area contributed by atoms with E-state index in [1.54, 1.807) is 37.4 Å². The van der Waals surface area contributed by atoms with Crippen LogP contribution in [-0.4, -0.2) is 142 Å². The fourth-order valence-electron chi connectivity index (χ4n) is 11.5. The van der Waals surface area contributed by atoms with Gasteiger partial charge in [-0.25, -0.2) is 5.43 Å². The molecule has 4 amide bonds. The number of hydrogen-bond donors (Lipinski definition) is 3. The summed E-state index contributed by atoms with van der Waals surface area (Å²) in [5.74, 6) is -2.49. The quantitative estimate of drug-likeness (QED) is 0.153. The number of carbonyl (C=O) groups excluding carboxylic acids is 5. The number of nitrogens with one attached hydrogen (secondary N) is 2. The fraction of sp³-hybridized carbons (Fsp3) is 0.564. The molecule has 6 bridgehead atoms. The van der Waals surface area contributed by atoms with Gasteiger partial charge in [0.05, 0.1) is 35.6 Å². The molecule has 1 unspecified atom stereocenters. The number of fused-ring (bicyclic) bond motifs is 6. The number of nitrogens with zero attached hydrogens (tertiary/aromatic N) is 6. The van der Waals surface area contributed by atoms with Gasteiger partial charge >= 0.3 is 5.97 Å². The number of phenolic OH excluding ortho intramolecular Hbond substituents is 1.